The van der Waals surface area contributed by atoms with Gasteiger partial charge in [0.1, 0.15) is 0 Å². The van der Waals surface area contributed by atoms with Crippen molar-refractivity contribution >= 4 is 15.7 Å². The molecule has 1 unspecified atom stereocenters. The van der Waals surface area contributed by atoms with Crippen molar-refractivity contribution in [2.75, 3.05) is 17.8 Å². The fourth-order valence-corrected chi connectivity index (χ4v) is 2.52. The van der Waals surface area contributed by atoms with Crippen molar-refractivity contribution in [3.63, 3.8) is 0 Å². The average Bonchev–Trinajstić information content (AvgIpc) is 2.30. The molecule has 0 heterocycles. The van der Waals surface area contributed by atoms with Crippen LogP contribution in [-0.2, 0) is 10.0 Å². The molecule has 0 spiro atoms. The molecule has 1 rings (SSSR count). The maximum Gasteiger partial charge on any atom is 0.236 e. The number of hydrogen-bond donors (Lipinski definition) is 2. The van der Waals surface area contributed by atoms with Gasteiger partial charge >= 0.3 is 0 Å². The van der Waals surface area contributed by atoms with Crippen LogP contribution in [0.3, 0.4) is 0 Å². The third-order valence-corrected chi connectivity index (χ3v) is 4.72. The molecule has 0 aliphatic carbocycles. The lowest BCUT2D eigenvalue weighted by Crippen LogP contribution is -2.34. The van der Waals surface area contributed by atoms with Crippen LogP contribution in [0.5, 0.6) is 0 Å². The molecule has 1 aromatic carbocycles. The number of hydrogen-bond acceptors (Lipinski definition) is 3. The Labute approximate surface area is 110 Å². The Morgan fingerprint density at radius 2 is 1.89 bits per heavy atom. The van der Waals surface area contributed by atoms with E-state index in [1.54, 1.807) is 13.0 Å². The van der Waals surface area contributed by atoms with Crippen molar-refractivity contribution in [2.45, 2.75) is 32.9 Å². The molecule has 18 heavy (non-hydrogen) atoms. The standard InChI is InChI=1S/C13H22N2O2S/c1-5-14-9-12(4)18(16,17)15-13-7-6-10(2)11(3)8-13/h6-8,12,14-15H,5,9H2,1-4H3. The Hall–Kier alpha value is -1.07. The lowest BCUT2D eigenvalue weighted by molar-refractivity contribution is 0.579. The quantitative estimate of drug-likeness (QED) is 0.831. The molecule has 0 fully saturated rings. The van der Waals surface area contributed by atoms with Crippen LogP contribution in [0.4, 0.5) is 5.69 Å². The Kier molecular flexibility index (Phi) is 5.16. The van der Waals surface area contributed by atoms with Crippen LogP contribution in [0.15, 0.2) is 18.2 Å². The third-order valence-electron chi connectivity index (χ3n) is 2.98. The van der Waals surface area contributed by atoms with E-state index in [-0.39, 0.29) is 0 Å². The van der Waals surface area contributed by atoms with Gasteiger partial charge in [0, 0.05) is 12.2 Å². The molecule has 102 valence electrons. The fraction of sp³-hybridized carbons (Fsp3) is 0.538. The number of aryl methyl sites for hydroxylation is 2. The Morgan fingerprint density at radius 1 is 1.22 bits per heavy atom. The van der Waals surface area contributed by atoms with Crippen LogP contribution in [0.25, 0.3) is 0 Å². The van der Waals surface area contributed by atoms with Gasteiger partial charge in [-0.25, -0.2) is 8.42 Å². The van der Waals surface area contributed by atoms with Crippen LogP contribution >= 0.6 is 0 Å². The molecule has 0 saturated carbocycles. The first-order valence-electron chi connectivity index (χ1n) is 6.16. The highest BCUT2D eigenvalue weighted by Gasteiger charge is 2.20. The zero-order valence-corrected chi connectivity index (χ0v) is 12.3. The topological polar surface area (TPSA) is 58.2 Å². The number of rotatable bonds is 6. The van der Waals surface area contributed by atoms with Gasteiger partial charge in [-0.05, 0) is 50.6 Å². The normalized spacial score (nSPS) is 13.3. The Balaban J connectivity index is 2.78. The van der Waals surface area contributed by atoms with E-state index < -0.39 is 15.3 Å². The second kappa shape index (κ2) is 6.20. The van der Waals surface area contributed by atoms with Crippen LogP contribution < -0.4 is 10.0 Å². The molecule has 4 nitrogen and oxygen atoms in total. The maximum absolute atomic E-state index is 12.1. The summed E-state index contributed by atoms with van der Waals surface area (Å²) >= 11 is 0. The molecular weight excluding hydrogens is 248 g/mol. The Morgan fingerprint density at radius 3 is 2.44 bits per heavy atom. The molecular formula is C13H22N2O2S. The van der Waals surface area contributed by atoms with Crippen molar-refractivity contribution in [3.05, 3.63) is 29.3 Å². The molecule has 0 radical (unpaired) electrons. The van der Waals surface area contributed by atoms with Gasteiger partial charge in [0.2, 0.25) is 10.0 Å². The van der Waals surface area contributed by atoms with Crippen molar-refractivity contribution in [1.29, 1.82) is 0 Å². The average molecular weight is 270 g/mol. The van der Waals surface area contributed by atoms with Crippen molar-refractivity contribution < 1.29 is 8.42 Å². The molecule has 0 bridgehead atoms. The highest BCUT2D eigenvalue weighted by Crippen LogP contribution is 2.16. The van der Waals surface area contributed by atoms with E-state index in [2.05, 4.69) is 10.0 Å². The first-order valence-corrected chi connectivity index (χ1v) is 7.71. The minimum absolute atomic E-state index is 0.455. The minimum Gasteiger partial charge on any atom is -0.316 e. The summed E-state index contributed by atoms with van der Waals surface area (Å²) in [6.45, 7) is 8.85. The lowest BCUT2D eigenvalue weighted by atomic mass is 10.1. The molecule has 0 saturated heterocycles. The second-order valence-electron chi connectivity index (χ2n) is 4.56. The molecule has 2 N–H and O–H groups in total. The zero-order chi connectivity index (χ0) is 13.8. The van der Waals surface area contributed by atoms with Crippen LogP contribution in [0.2, 0.25) is 0 Å². The van der Waals surface area contributed by atoms with E-state index in [1.165, 1.54) is 0 Å². The van der Waals surface area contributed by atoms with Crippen molar-refractivity contribution in [3.8, 4) is 0 Å². The van der Waals surface area contributed by atoms with Gasteiger partial charge in [-0.15, -0.1) is 0 Å². The highest BCUT2D eigenvalue weighted by atomic mass is 32.2. The fourth-order valence-electron chi connectivity index (χ4n) is 1.53. The summed E-state index contributed by atoms with van der Waals surface area (Å²) in [4.78, 5) is 0. The molecule has 0 aromatic heterocycles. The van der Waals surface area contributed by atoms with Gasteiger partial charge in [-0.2, -0.15) is 0 Å². The van der Waals surface area contributed by atoms with Gasteiger partial charge < -0.3 is 5.32 Å². The molecule has 5 heteroatoms. The van der Waals surface area contributed by atoms with E-state index in [4.69, 9.17) is 0 Å². The second-order valence-corrected chi connectivity index (χ2v) is 6.66. The van der Waals surface area contributed by atoms with Gasteiger partial charge in [0.05, 0.1) is 5.25 Å². The van der Waals surface area contributed by atoms with Gasteiger partial charge in [0.15, 0.2) is 0 Å². The SMILES string of the molecule is CCNCC(C)S(=O)(=O)Nc1ccc(C)c(C)c1. The lowest BCUT2D eigenvalue weighted by Gasteiger charge is -2.15. The van der Waals surface area contributed by atoms with Crippen molar-refractivity contribution in [2.24, 2.45) is 0 Å². The predicted octanol–water partition coefficient (Wildman–Crippen LogP) is 2.04. The van der Waals surface area contributed by atoms with Gasteiger partial charge in [-0.3, -0.25) is 4.72 Å². The summed E-state index contributed by atoms with van der Waals surface area (Å²) in [7, 11) is -3.33. The summed E-state index contributed by atoms with van der Waals surface area (Å²) in [6.07, 6.45) is 0. The maximum atomic E-state index is 12.1. The molecule has 0 aliphatic heterocycles. The van der Waals surface area contributed by atoms with E-state index in [0.717, 1.165) is 17.7 Å². The number of sulfonamides is 1. The highest BCUT2D eigenvalue weighted by molar-refractivity contribution is 7.93. The first kappa shape index (κ1) is 15.0. The summed E-state index contributed by atoms with van der Waals surface area (Å²) in [5, 5.41) is 2.58. The summed E-state index contributed by atoms with van der Waals surface area (Å²) < 4.78 is 26.7. The molecule has 0 aliphatic rings. The predicted molar refractivity (Wildman–Crippen MR) is 76.5 cm³/mol. The van der Waals surface area contributed by atoms with Gasteiger partial charge in [0.25, 0.3) is 0 Å². The smallest absolute Gasteiger partial charge is 0.236 e. The largest absolute Gasteiger partial charge is 0.316 e. The van der Waals surface area contributed by atoms with Crippen LogP contribution in [0, 0.1) is 13.8 Å². The molecule has 0 amide bonds. The van der Waals surface area contributed by atoms with Crippen LogP contribution in [0.1, 0.15) is 25.0 Å². The van der Waals surface area contributed by atoms with E-state index in [1.807, 2.05) is 32.9 Å². The summed E-state index contributed by atoms with van der Waals surface area (Å²) in [5.41, 5.74) is 2.86. The molecule has 1 aromatic rings. The molecule has 1 atom stereocenters. The monoisotopic (exact) mass is 270 g/mol. The van der Waals surface area contributed by atoms with Crippen molar-refractivity contribution in [1.82, 2.24) is 5.32 Å². The third kappa shape index (κ3) is 3.99. The van der Waals surface area contributed by atoms with E-state index >= 15 is 0 Å². The van der Waals surface area contributed by atoms with E-state index in [0.29, 0.717) is 12.2 Å². The van der Waals surface area contributed by atoms with Crippen LogP contribution in [-0.4, -0.2) is 26.8 Å². The zero-order valence-electron chi connectivity index (χ0n) is 11.4. The first-order chi connectivity index (χ1) is 8.36. The minimum atomic E-state index is -3.33. The Bertz CT molecular complexity index is 498. The number of anilines is 1. The number of benzene rings is 1. The summed E-state index contributed by atoms with van der Waals surface area (Å²) in [6, 6.07) is 5.56. The van der Waals surface area contributed by atoms with E-state index in [9.17, 15) is 8.42 Å². The summed E-state index contributed by atoms with van der Waals surface area (Å²) in [5.74, 6) is 0. The number of nitrogens with one attached hydrogen (secondary N) is 2. The van der Waals surface area contributed by atoms with Gasteiger partial charge in [-0.1, -0.05) is 13.0 Å².